The lowest BCUT2D eigenvalue weighted by Crippen LogP contribution is -2.22. The van der Waals surface area contributed by atoms with E-state index in [1.54, 1.807) is 0 Å². The van der Waals surface area contributed by atoms with Gasteiger partial charge in [-0.25, -0.2) is 0 Å². The van der Waals surface area contributed by atoms with Crippen molar-refractivity contribution in [3.8, 4) is 11.1 Å². The molecule has 4 rings (SSSR count). The summed E-state index contributed by atoms with van der Waals surface area (Å²) in [6.07, 6.45) is 0.543. The average Bonchev–Trinajstić information content (AvgIpc) is 2.66. The Kier molecular flexibility index (Phi) is 4.47. The van der Waals surface area contributed by atoms with Crippen molar-refractivity contribution in [3.05, 3.63) is 83.9 Å². The van der Waals surface area contributed by atoms with Crippen molar-refractivity contribution in [2.45, 2.75) is 32.5 Å². The fourth-order valence-electron chi connectivity index (χ4n) is 3.97. The molecule has 4 aromatic carbocycles. The van der Waals surface area contributed by atoms with E-state index in [1.807, 2.05) is 44.2 Å². The molecular formula is C25H24O2. The first kappa shape index (κ1) is 17.7. The third-order valence-corrected chi connectivity index (χ3v) is 5.07. The third-order valence-electron chi connectivity index (χ3n) is 5.07. The van der Waals surface area contributed by atoms with Crippen LogP contribution in [0.15, 0.2) is 72.8 Å². The van der Waals surface area contributed by atoms with E-state index in [1.165, 1.54) is 0 Å². The maximum atomic E-state index is 10.5. The summed E-state index contributed by atoms with van der Waals surface area (Å²) in [6, 6.07) is 24.9. The van der Waals surface area contributed by atoms with E-state index in [2.05, 4.69) is 42.5 Å². The largest absolute Gasteiger partial charge is 0.392 e. The Hall–Kier alpha value is -2.68. The van der Waals surface area contributed by atoms with E-state index in [-0.39, 0.29) is 6.61 Å². The molecule has 0 amide bonds. The maximum Gasteiger partial charge on any atom is 0.0688 e. The van der Waals surface area contributed by atoms with Gasteiger partial charge in [-0.1, -0.05) is 72.8 Å². The Bertz CT molecular complexity index is 1120. The molecule has 4 aromatic rings. The summed E-state index contributed by atoms with van der Waals surface area (Å²) in [5.41, 5.74) is 3.35. The predicted octanol–water partition coefficient (Wildman–Crippen LogP) is 5.47. The first-order valence-corrected chi connectivity index (χ1v) is 9.33. The molecule has 136 valence electrons. The molecule has 0 aliphatic heterocycles. The summed E-state index contributed by atoms with van der Waals surface area (Å²) in [5, 5.41) is 25.2. The molecule has 0 unspecified atom stereocenters. The lowest BCUT2D eigenvalue weighted by Gasteiger charge is -2.23. The fraction of sp³-hybridized carbons (Fsp3) is 0.200. The van der Waals surface area contributed by atoms with E-state index in [0.29, 0.717) is 6.42 Å². The van der Waals surface area contributed by atoms with Crippen molar-refractivity contribution in [1.82, 2.24) is 0 Å². The molecule has 0 atom stereocenters. The summed E-state index contributed by atoms with van der Waals surface area (Å²) in [7, 11) is 0. The lowest BCUT2D eigenvalue weighted by molar-refractivity contribution is 0.0811. The third kappa shape index (κ3) is 3.34. The molecule has 0 aliphatic rings. The second kappa shape index (κ2) is 6.80. The van der Waals surface area contributed by atoms with Crippen molar-refractivity contribution in [2.75, 3.05) is 0 Å². The molecule has 2 heteroatoms. The minimum absolute atomic E-state index is 0.0225. The minimum Gasteiger partial charge on any atom is -0.392 e. The van der Waals surface area contributed by atoms with Crippen LogP contribution in [0.3, 0.4) is 0 Å². The second-order valence-electron chi connectivity index (χ2n) is 7.79. The highest BCUT2D eigenvalue weighted by Gasteiger charge is 2.21. The second-order valence-corrected chi connectivity index (χ2v) is 7.79. The highest BCUT2D eigenvalue weighted by molar-refractivity contribution is 6.07. The molecule has 27 heavy (non-hydrogen) atoms. The van der Waals surface area contributed by atoms with Crippen LogP contribution in [-0.4, -0.2) is 15.8 Å². The van der Waals surface area contributed by atoms with Gasteiger partial charge >= 0.3 is 0 Å². The van der Waals surface area contributed by atoms with Gasteiger partial charge in [0.15, 0.2) is 0 Å². The first-order valence-electron chi connectivity index (χ1n) is 9.33. The van der Waals surface area contributed by atoms with Crippen LogP contribution < -0.4 is 0 Å². The molecule has 0 radical (unpaired) electrons. The van der Waals surface area contributed by atoms with Gasteiger partial charge in [0.1, 0.15) is 0 Å². The normalized spacial score (nSPS) is 12.0. The number of benzene rings is 4. The Morgan fingerprint density at radius 3 is 1.67 bits per heavy atom. The van der Waals surface area contributed by atoms with Gasteiger partial charge in [0.25, 0.3) is 0 Å². The van der Waals surface area contributed by atoms with Gasteiger partial charge in [0, 0.05) is 6.42 Å². The molecule has 0 spiro atoms. The minimum atomic E-state index is -0.818. The van der Waals surface area contributed by atoms with Crippen LogP contribution in [-0.2, 0) is 13.0 Å². The molecule has 0 saturated heterocycles. The Balaban J connectivity index is 2.15. The summed E-state index contributed by atoms with van der Waals surface area (Å²) in [6.45, 7) is 3.65. The highest BCUT2D eigenvalue weighted by Crippen LogP contribution is 2.40. The zero-order valence-electron chi connectivity index (χ0n) is 15.7. The summed E-state index contributed by atoms with van der Waals surface area (Å²) >= 11 is 0. The highest BCUT2D eigenvalue weighted by atomic mass is 16.3. The van der Waals surface area contributed by atoms with Crippen LogP contribution in [0.4, 0.5) is 0 Å². The molecule has 0 bridgehead atoms. The first-order chi connectivity index (χ1) is 13.0. The van der Waals surface area contributed by atoms with Crippen LogP contribution in [0.25, 0.3) is 32.7 Å². The molecule has 0 aliphatic carbocycles. The maximum absolute atomic E-state index is 10.5. The van der Waals surface area contributed by atoms with Gasteiger partial charge in [-0.15, -0.1) is 0 Å². The van der Waals surface area contributed by atoms with E-state index in [0.717, 1.165) is 43.8 Å². The van der Waals surface area contributed by atoms with Crippen molar-refractivity contribution >= 4 is 21.5 Å². The van der Waals surface area contributed by atoms with Gasteiger partial charge in [-0.3, -0.25) is 0 Å². The van der Waals surface area contributed by atoms with Gasteiger partial charge in [-0.05, 0) is 57.6 Å². The van der Waals surface area contributed by atoms with Crippen LogP contribution in [0.1, 0.15) is 25.0 Å². The molecule has 2 nitrogen and oxygen atoms in total. The van der Waals surface area contributed by atoms with Crippen LogP contribution in [0, 0.1) is 0 Å². The number of hydrogen-bond acceptors (Lipinski definition) is 2. The van der Waals surface area contributed by atoms with Crippen molar-refractivity contribution < 1.29 is 10.2 Å². The quantitative estimate of drug-likeness (QED) is 0.509. The average molecular weight is 356 g/mol. The van der Waals surface area contributed by atoms with Crippen molar-refractivity contribution in [1.29, 1.82) is 0 Å². The molecule has 0 fully saturated rings. The van der Waals surface area contributed by atoms with Crippen LogP contribution in [0.5, 0.6) is 0 Å². The fourth-order valence-corrected chi connectivity index (χ4v) is 3.97. The molecule has 0 saturated carbocycles. The predicted molar refractivity (Wildman–Crippen MR) is 113 cm³/mol. The van der Waals surface area contributed by atoms with E-state index in [9.17, 15) is 10.2 Å². The van der Waals surface area contributed by atoms with Crippen LogP contribution >= 0.6 is 0 Å². The van der Waals surface area contributed by atoms with E-state index < -0.39 is 5.60 Å². The van der Waals surface area contributed by atoms with Gasteiger partial charge in [-0.2, -0.15) is 0 Å². The zero-order chi connectivity index (χ0) is 19.0. The van der Waals surface area contributed by atoms with E-state index >= 15 is 0 Å². The van der Waals surface area contributed by atoms with Crippen LogP contribution in [0.2, 0.25) is 0 Å². The summed E-state index contributed by atoms with van der Waals surface area (Å²) in [5.74, 6) is 0. The smallest absolute Gasteiger partial charge is 0.0688 e. The number of aliphatic hydroxyl groups excluding tert-OH is 1. The molecule has 0 aromatic heterocycles. The Morgan fingerprint density at radius 1 is 0.667 bits per heavy atom. The summed E-state index contributed by atoms with van der Waals surface area (Å²) in [4.78, 5) is 0. The van der Waals surface area contributed by atoms with Gasteiger partial charge < -0.3 is 10.2 Å². The Labute approximate surface area is 159 Å². The number of hydrogen-bond donors (Lipinski definition) is 2. The van der Waals surface area contributed by atoms with E-state index in [4.69, 9.17) is 0 Å². The molecular weight excluding hydrogens is 332 g/mol. The summed E-state index contributed by atoms with van der Waals surface area (Å²) < 4.78 is 0. The van der Waals surface area contributed by atoms with Gasteiger partial charge in [0.2, 0.25) is 0 Å². The number of fused-ring (bicyclic) bond motifs is 2. The number of aliphatic hydroxyl groups is 2. The number of rotatable bonds is 4. The van der Waals surface area contributed by atoms with Gasteiger partial charge in [0.05, 0.1) is 12.2 Å². The van der Waals surface area contributed by atoms with Crippen molar-refractivity contribution in [3.63, 3.8) is 0 Å². The standard InChI is InChI=1S/C25H24O2/c1-25(2,27)15-19-13-11-17-7-3-5-9-21(17)23(19)24-20(16-26)14-12-18-8-4-6-10-22(18)24/h3-14,26-27H,15-16H2,1-2H3. The molecule has 2 N–H and O–H groups in total. The Morgan fingerprint density at radius 2 is 1.15 bits per heavy atom. The SMILES string of the molecule is CC(C)(O)Cc1ccc2ccccc2c1-c1c(CO)ccc2ccccc12. The topological polar surface area (TPSA) is 40.5 Å². The zero-order valence-corrected chi connectivity index (χ0v) is 15.7. The lowest BCUT2D eigenvalue weighted by atomic mass is 9.84. The molecule has 0 heterocycles. The van der Waals surface area contributed by atoms with Crippen molar-refractivity contribution in [2.24, 2.45) is 0 Å². The monoisotopic (exact) mass is 356 g/mol.